The Morgan fingerprint density at radius 1 is 0.705 bits per heavy atom. The summed E-state index contributed by atoms with van der Waals surface area (Å²) < 4.78 is 2.43. The Bertz CT molecular complexity index is 2160. The molecule has 219 valence electrons. The first-order valence-corrected chi connectivity index (χ1v) is 14.9. The van der Waals surface area contributed by atoms with E-state index in [0.29, 0.717) is 5.92 Å². The molecule has 44 heavy (non-hydrogen) atoms. The summed E-state index contributed by atoms with van der Waals surface area (Å²) in [7, 11) is 0. The summed E-state index contributed by atoms with van der Waals surface area (Å²) in [6.45, 7) is 8.91. The molecule has 0 amide bonds. The Balaban J connectivity index is 0.000000222. The molecular weight excluding hydrogens is 715 g/mol. The zero-order valence-electron chi connectivity index (χ0n) is 25.4. The molecule has 8 rings (SSSR count). The van der Waals surface area contributed by atoms with Crippen molar-refractivity contribution in [2.75, 3.05) is 0 Å². The number of aryl methyl sites for hydroxylation is 2. The Kier molecular flexibility index (Phi) is 8.31. The average molecular weight is 748 g/mol. The zero-order chi connectivity index (χ0) is 29.5. The van der Waals surface area contributed by atoms with Crippen molar-refractivity contribution in [1.82, 2.24) is 14.4 Å². The third-order valence-corrected chi connectivity index (χ3v) is 8.19. The van der Waals surface area contributed by atoms with Gasteiger partial charge in [-0.05, 0) is 53.7 Å². The number of rotatable bonds is 4. The van der Waals surface area contributed by atoms with Crippen molar-refractivity contribution in [3.05, 3.63) is 138 Å². The first-order valence-electron chi connectivity index (χ1n) is 14.9. The molecule has 0 aliphatic carbocycles. The number of hydrogen-bond acceptors (Lipinski definition) is 2. The van der Waals surface area contributed by atoms with Crippen LogP contribution in [0.3, 0.4) is 0 Å². The van der Waals surface area contributed by atoms with Crippen LogP contribution >= 0.6 is 0 Å². The maximum Gasteiger partial charge on any atom is 0.0463 e. The topological polar surface area (TPSA) is 30.2 Å². The molecule has 1 radical (unpaired) electrons. The quantitative estimate of drug-likeness (QED) is 0.168. The van der Waals surface area contributed by atoms with Gasteiger partial charge in [0.1, 0.15) is 0 Å². The van der Waals surface area contributed by atoms with Gasteiger partial charge in [-0.3, -0.25) is 4.98 Å². The van der Waals surface area contributed by atoms with Crippen LogP contribution < -0.4 is 0 Å². The molecule has 0 bridgehead atoms. The number of nitrogens with zero attached hydrogens (tertiary/aromatic N) is 3. The molecule has 3 nitrogen and oxygen atoms in total. The van der Waals surface area contributed by atoms with E-state index in [1.165, 1.54) is 54.8 Å². The number of para-hydroxylation sites is 2. The van der Waals surface area contributed by atoms with Crippen LogP contribution in [0, 0.1) is 31.9 Å². The van der Waals surface area contributed by atoms with Gasteiger partial charge >= 0.3 is 0 Å². The molecule has 4 heterocycles. The minimum atomic E-state index is 0. The van der Waals surface area contributed by atoms with E-state index >= 15 is 0 Å². The van der Waals surface area contributed by atoms with Crippen molar-refractivity contribution in [3.8, 4) is 22.5 Å². The van der Waals surface area contributed by atoms with Crippen molar-refractivity contribution >= 4 is 38.1 Å². The smallest absolute Gasteiger partial charge is 0.0463 e. The minimum Gasteiger partial charge on any atom is -0.348 e. The Hall–Kier alpha value is -4.37. The predicted octanol–water partition coefficient (Wildman–Crippen LogP) is 10.1. The maximum absolute atomic E-state index is 4.78. The first-order chi connectivity index (χ1) is 21.0. The second-order valence-electron chi connectivity index (χ2n) is 11.7. The molecule has 4 aromatic carbocycles. The van der Waals surface area contributed by atoms with E-state index in [9.17, 15) is 0 Å². The van der Waals surface area contributed by atoms with Crippen LogP contribution in [-0.4, -0.2) is 14.4 Å². The average Bonchev–Trinajstić information content (AvgIpc) is 3.56. The van der Waals surface area contributed by atoms with E-state index in [1.807, 2.05) is 48.7 Å². The van der Waals surface area contributed by atoms with Gasteiger partial charge in [0.2, 0.25) is 0 Å². The van der Waals surface area contributed by atoms with Crippen LogP contribution in [0.25, 0.3) is 60.6 Å². The number of benzene rings is 4. The second-order valence-corrected chi connectivity index (χ2v) is 11.7. The summed E-state index contributed by atoms with van der Waals surface area (Å²) in [6.07, 6.45) is 4.87. The number of aromatic nitrogens is 3. The molecule has 4 aromatic heterocycles. The molecule has 0 aliphatic heterocycles. The van der Waals surface area contributed by atoms with Crippen LogP contribution in [0.2, 0.25) is 0 Å². The molecule has 0 saturated heterocycles. The minimum absolute atomic E-state index is 0. The van der Waals surface area contributed by atoms with Crippen molar-refractivity contribution in [2.45, 2.75) is 34.1 Å². The first kappa shape index (κ1) is 29.7. The molecule has 0 saturated carbocycles. The number of hydrogen-bond donors (Lipinski definition) is 0. The van der Waals surface area contributed by atoms with Crippen molar-refractivity contribution in [1.29, 1.82) is 0 Å². The summed E-state index contributed by atoms with van der Waals surface area (Å²) in [4.78, 5) is 9.00. The SMILES string of the molecule is Cc1cnc(-c2[c-]c3c4cccc5c6ccccc6n(c3c(C)c2)c45)cc1CC(C)C.[Ir].[c-]1ccccc1-c1ccccn1. The predicted molar refractivity (Wildman–Crippen MR) is 180 cm³/mol. The Morgan fingerprint density at radius 2 is 1.48 bits per heavy atom. The van der Waals surface area contributed by atoms with E-state index < -0.39 is 0 Å². The zero-order valence-corrected chi connectivity index (χ0v) is 27.7. The van der Waals surface area contributed by atoms with Crippen LogP contribution in [0.15, 0.2) is 109 Å². The monoisotopic (exact) mass is 748 g/mol. The fraction of sp³-hybridized carbons (Fsp3) is 0.150. The summed E-state index contributed by atoms with van der Waals surface area (Å²) in [5, 5.41) is 5.08. The molecule has 0 N–H and O–H groups in total. The summed E-state index contributed by atoms with van der Waals surface area (Å²) in [5.41, 5.74) is 11.8. The summed E-state index contributed by atoms with van der Waals surface area (Å²) in [5.74, 6) is 0.622. The van der Waals surface area contributed by atoms with Gasteiger partial charge in [0, 0.05) is 60.0 Å². The van der Waals surface area contributed by atoms with E-state index in [1.54, 1.807) is 6.20 Å². The fourth-order valence-electron chi connectivity index (χ4n) is 6.23. The molecule has 8 aromatic rings. The molecule has 0 unspecified atom stereocenters. The maximum atomic E-state index is 4.78. The van der Waals surface area contributed by atoms with E-state index in [-0.39, 0.29) is 20.1 Å². The van der Waals surface area contributed by atoms with Gasteiger partial charge in [0.15, 0.2) is 0 Å². The van der Waals surface area contributed by atoms with Crippen LogP contribution in [0.1, 0.15) is 30.5 Å². The van der Waals surface area contributed by atoms with Crippen LogP contribution in [-0.2, 0) is 26.5 Å². The fourth-order valence-corrected chi connectivity index (χ4v) is 6.23. The third kappa shape index (κ3) is 5.30. The number of pyridine rings is 2. The molecular formula is C40H33IrN3-2. The van der Waals surface area contributed by atoms with E-state index in [0.717, 1.165) is 28.9 Å². The Labute approximate surface area is 272 Å². The van der Waals surface area contributed by atoms with E-state index in [2.05, 4.69) is 104 Å². The van der Waals surface area contributed by atoms with Gasteiger partial charge in [0.25, 0.3) is 0 Å². The summed E-state index contributed by atoms with van der Waals surface area (Å²) >= 11 is 0. The normalized spacial score (nSPS) is 11.3. The van der Waals surface area contributed by atoms with Gasteiger partial charge in [-0.1, -0.05) is 97.3 Å². The second kappa shape index (κ2) is 12.3. The van der Waals surface area contributed by atoms with Crippen molar-refractivity contribution < 1.29 is 20.1 Å². The van der Waals surface area contributed by atoms with Crippen LogP contribution in [0.5, 0.6) is 0 Å². The van der Waals surface area contributed by atoms with Crippen molar-refractivity contribution in [2.24, 2.45) is 5.92 Å². The number of fused-ring (bicyclic) bond motifs is 6. The standard InChI is InChI=1S/C29H25N2.C11H8N.Ir/c1-17(2)12-20-15-26(30-16-19(20)4)21-13-18(3)28-25(14-21)24-10-7-9-23-22-8-5-6-11-27(22)31(28)29(23)24;1-2-6-10(7-3-1)11-8-4-5-9-12-11;/h5-11,13,15-17H,12H2,1-4H3;1-6,8-9H;/q2*-1;. The molecule has 0 fully saturated rings. The molecule has 0 aliphatic rings. The van der Waals surface area contributed by atoms with Crippen LogP contribution in [0.4, 0.5) is 0 Å². The molecule has 4 heteroatoms. The van der Waals surface area contributed by atoms with Gasteiger partial charge in [-0.15, -0.1) is 48.0 Å². The van der Waals surface area contributed by atoms with Gasteiger partial charge in [-0.2, -0.15) is 0 Å². The van der Waals surface area contributed by atoms with Crippen molar-refractivity contribution in [3.63, 3.8) is 0 Å². The van der Waals surface area contributed by atoms with E-state index in [4.69, 9.17) is 4.98 Å². The Morgan fingerprint density at radius 3 is 2.25 bits per heavy atom. The van der Waals surface area contributed by atoms with Gasteiger partial charge in [0.05, 0.1) is 0 Å². The van der Waals surface area contributed by atoms with Gasteiger partial charge in [-0.25, -0.2) is 0 Å². The molecule has 0 spiro atoms. The third-order valence-electron chi connectivity index (χ3n) is 8.19. The molecule has 0 atom stereocenters. The van der Waals surface area contributed by atoms with Gasteiger partial charge < -0.3 is 9.38 Å². The summed E-state index contributed by atoms with van der Waals surface area (Å²) in [6, 6.07) is 40.4. The largest absolute Gasteiger partial charge is 0.348 e.